The van der Waals surface area contributed by atoms with E-state index in [1.807, 2.05) is 33.0 Å². The number of carboxylic acids is 1. The van der Waals surface area contributed by atoms with Crippen LogP contribution in [0.3, 0.4) is 0 Å². The van der Waals surface area contributed by atoms with E-state index in [0.717, 1.165) is 24.1 Å². The molecule has 2 heterocycles. The number of hydrogen-bond donors (Lipinski definition) is 4. The first-order valence-corrected chi connectivity index (χ1v) is 15.3. The van der Waals surface area contributed by atoms with Crippen molar-refractivity contribution in [3.05, 3.63) is 40.7 Å². The Labute approximate surface area is 256 Å². The number of hydrogen-bond acceptors (Lipinski definition) is 10. The number of carbonyl (C=O) groups excluding carboxylic acids is 3. The molecule has 0 unspecified atom stereocenters. The molecule has 1 saturated heterocycles. The van der Waals surface area contributed by atoms with Crippen LogP contribution in [-0.4, -0.2) is 87.5 Å². The molecular weight excluding hydrogens is 572 g/mol. The summed E-state index contributed by atoms with van der Waals surface area (Å²) < 4.78 is 17.4. The van der Waals surface area contributed by atoms with Crippen molar-refractivity contribution >= 4 is 23.8 Å². The topological polar surface area (TPSA) is 172 Å². The normalized spacial score (nSPS) is 28.1. The van der Waals surface area contributed by atoms with Crippen molar-refractivity contribution in [1.82, 2.24) is 10.2 Å². The molecule has 1 aromatic carbocycles. The Bertz CT molecular complexity index is 1370. The minimum Gasteiger partial charge on any atom is -0.481 e. The Morgan fingerprint density at radius 3 is 2.57 bits per heavy atom. The van der Waals surface area contributed by atoms with Crippen LogP contribution in [0.1, 0.15) is 76.0 Å². The molecule has 5 rings (SSSR count). The average Bonchev–Trinajstić information content (AvgIpc) is 3.30. The van der Waals surface area contributed by atoms with E-state index >= 15 is 0 Å². The number of benzene rings is 1. The van der Waals surface area contributed by atoms with E-state index in [0.29, 0.717) is 24.2 Å². The SMILES string of the molecule is CC(C)C[C@H](NC(=O)[C@H](C)OC(=O)CCC(=O)OC1=CC[C@@]2(O)[C@H]3Cc4ccc(CO)c5c4[C@@]2(CCCN3C)[C@H]1O5)C(=O)O. The van der Waals surface area contributed by atoms with Gasteiger partial charge in [0.1, 0.15) is 17.6 Å². The van der Waals surface area contributed by atoms with Gasteiger partial charge in [-0.25, -0.2) is 4.79 Å². The summed E-state index contributed by atoms with van der Waals surface area (Å²) >= 11 is 0. The van der Waals surface area contributed by atoms with Gasteiger partial charge >= 0.3 is 17.9 Å². The molecule has 44 heavy (non-hydrogen) atoms. The maximum Gasteiger partial charge on any atom is 0.326 e. The second kappa shape index (κ2) is 12.1. The third kappa shape index (κ3) is 5.37. The quantitative estimate of drug-likeness (QED) is 0.268. The fourth-order valence-corrected chi connectivity index (χ4v) is 7.56. The molecule has 0 saturated carbocycles. The summed E-state index contributed by atoms with van der Waals surface area (Å²) in [5, 5.41) is 34.2. The van der Waals surface area contributed by atoms with Gasteiger partial charge < -0.3 is 39.7 Å². The molecule has 0 radical (unpaired) electrons. The Morgan fingerprint density at radius 1 is 1.16 bits per heavy atom. The highest BCUT2D eigenvalue weighted by Crippen LogP contribution is 2.64. The standard InChI is InChI=1S/C32H42N2O10/c1-17(2)14-21(30(39)40)33-29(38)18(3)42-24(36)8-9-25(37)43-22-10-12-32(41)23-15-19-6-7-20(16-35)27-26(19)31(32,28(22)44-27)11-5-13-34(23)4/h6-7,10,17-18,21,23,28,35,41H,5,8-9,11-16H2,1-4H3,(H,33,38)(H,39,40)/t18-,21-,23+,28-,31-,32+/m0/s1. The third-order valence-corrected chi connectivity index (χ3v) is 9.61. The molecule has 1 fully saturated rings. The van der Waals surface area contributed by atoms with Gasteiger partial charge in [-0.1, -0.05) is 26.0 Å². The number of likely N-dealkylation sites (tertiary alicyclic amines) is 1. The van der Waals surface area contributed by atoms with Gasteiger partial charge in [-0.15, -0.1) is 0 Å². The van der Waals surface area contributed by atoms with Crippen LogP contribution in [0.2, 0.25) is 0 Å². The molecule has 1 aromatic rings. The van der Waals surface area contributed by atoms with Gasteiger partial charge in [-0.05, 0) is 63.8 Å². The van der Waals surface area contributed by atoms with E-state index in [4.69, 9.17) is 14.2 Å². The number of carbonyl (C=O) groups is 4. The van der Waals surface area contributed by atoms with Crippen LogP contribution in [0.25, 0.3) is 0 Å². The van der Waals surface area contributed by atoms with Gasteiger partial charge in [0.05, 0.1) is 30.5 Å². The van der Waals surface area contributed by atoms with Crippen LogP contribution in [0.5, 0.6) is 5.75 Å². The van der Waals surface area contributed by atoms with E-state index in [9.17, 15) is 34.5 Å². The molecule has 1 amide bonds. The summed E-state index contributed by atoms with van der Waals surface area (Å²) in [5.41, 5.74) is 0.498. The van der Waals surface area contributed by atoms with Gasteiger partial charge in [-0.3, -0.25) is 14.4 Å². The number of aliphatic hydroxyl groups excluding tert-OH is 1. The zero-order valence-electron chi connectivity index (χ0n) is 25.6. The number of aliphatic carboxylic acids is 1. The maximum absolute atomic E-state index is 13.0. The minimum absolute atomic E-state index is 0.0268. The Hall–Kier alpha value is -3.48. The van der Waals surface area contributed by atoms with Gasteiger partial charge in [0.15, 0.2) is 12.2 Å². The highest BCUT2D eigenvalue weighted by Gasteiger charge is 2.70. The van der Waals surface area contributed by atoms with Crippen molar-refractivity contribution in [2.75, 3.05) is 13.6 Å². The molecule has 4 aliphatic rings. The predicted octanol–water partition coefficient (Wildman–Crippen LogP) is 1.72. The monoisotopic (exact) mass is 614 g/mol. The lowest BCUT2D eigenvalue weighted by molar-refractivity contribution is -0.158. The van der Waals surface area contributed by atoms with Crippen molar-refractivity contribution in [3.8, 4) is 5.75 Å². The molecule has 2 bridgehead atoms. The van der Waals surface area contributed by atoms with Crippen molar-refractivity contribution < 1.29 is 48.7 Å². The molecule has 0 aromatic heterocycles. The summed E-state index contributed by atoms with van der Waals surface area (Å²) in [6.45, 7) is 5.55. The van der Waals surface area contributed by atoms with Crippen LogP contribution < -0.4 is 10.1 Å². The molecule has 1 spiro atoms. The largest absolute Gasteiger partial charge is 0.481 e. The van der Waals surface area contributed by atoms with Crippen LogP contribution in [0, 0.1) is 5.92 Å². The smallest absolute Gasteiger partial charge is 0.326 e. The fraction of sp³-hybridized carbons (Fsp3) is 0.625. The number of carboxylic acid groups (broad SMARTS) is 1. The van der Waals surface area contributed by atoms with Crippen LogP contribution in [0.15, 0.2) is 24.0 Å². The summed E-state index contributed by atoms with van der Waals surface area (Å²) in [5.74, 6) is -2.60. The van der Waals surface area contributed by atoms with E-state index in [1.165, 1.54) is 6.92 Å². The van der Waals surface area contributed by atoms with E-state index in [-0.39, 0.29) is 50.0 Å². The highest BCUT2D eigenvalue weighted by atomic mass is 16.6. The zero-order chi connectivity index (χ0) is 32.0. The first-order valence-electron chi connectivity index (χ1n) is 15.3. The highest BCUT2D eigenvalue weighted by molar-refractivity contribution is 5.88. The van der Waals surface area contributed by atoms with E-state index < -0.39 is 53.1 Å². The number of amides is 1. The van der Waals surface area contributed by atoms with Gasteiger partial charge in [0.25, 0.3) is 5.91 Å². The molecular formula is C32H42N2O10. The summed E-state index contributed by atoms with van der Waals surface area (Å²) in [7, 11) is 2.01. The molecule has 6 atom stereocenters. The third-order valence-electron chi connectivity index (χ3n) is 9.61. The first kappa shape index (κ1) is 31.9. The number of nitrogens with one attached hydrogen (secondary N) is 1. The number of likely N-dealkylation sites (N-methyl/N-ethyl adjacent to an activating group) is 1. The van der Waals surface area contributed by atoms with Crippen molar-refractivity contribution in [3.63, 3.8) is 0 Å². The van der Waals surface area contributed by atoms with Crippen LogP contribution >= 0.6 is 0 Å². The zero-order valence-corrected chi connectivity index (χ0v) is 25.6. The number of aliphatic hydroxyl groups is 2. The molecule has 240 valence electrons. The summed E-state index contributed by atoms with van der Waals surface area (Å²) in [4.78, 5) is 51.5. The van der Waals surface area contributed by atoms with E-state index in [1.54, 1.807) is 6.08 Å². The van der Waals surface area contributed by atoms with Gasteiger partial charge in [0.2, 0.25) is 0 Å². The molecule has 12 heteroatoms. The van der Waals surface area contributed by atoms with Crippen molar-refractivity contribution in [1.29, 1.82) is 0 Å². The molecule has 2 aliphatic heterocycles. The summed E-state index contributed by atoms with van der Waals surface area (Å²) in [6, 6.07) is 2.55. The lowest BCUT2D eigenvalue weighted by Crippen LogP contribution is -2.69. The molecule has 2 aliphatic carbocycles. The number of ether oxygens (including phenoxy) is 3. The Balaban J connectivity index is 1.26. The van der Waals surface area contributed by atoms with E-state index in [2.05, 4.69) is 10.2 Å². The fourth-order valence-electron chi connectivity index (χ4n) is 7.56. The van der Waals surface area contributed by atoms with Crippen LogP contribution in [0.4, 0.5) is 0 Å². The lowest BCUT2D eigenvalue weighted by atomic mass is 9.52. The minimum atomic E-state index is -1.25. The lowest BCUT2D eigenvalue weighted by Gasteiger charge is -2.56. The molecule has 12 nitrogen and oxygen atoms in total. The Kier molecular flexibility index (Phi) is 8.80. The van der Waals surface area contributed by atoms with Crippen molar-refractivity contribution in [2.45, 2.75) is 108 Å². The molecule has 4 N–H and O–H groups in total. The Morgan fingerprint density at radius 2 is 1.89 bits per heavy atom. The summed E-state index contributed by atoms with van der Waals surface area (Å²) in [6.07, 6.45) is 1.47. The average molecular weight is 615 g/mol. The number of rotatable bonds is 11. The van der Waals surface area contributed by atoms with Gasteiger partial charge in [-0.2, -0.15) is 0 Å². The van der Waals surface area contributed by atoms with Gasteiger partial charge in [0, 0.05) is 23.6 Å². The number of nitrogens with zero attached hydrogens (tertiary/aromatic N) is 1. The number of esters is 2. The second-order valence-electron chi connectivity index (χ2n) is 12.9. The second-order valence-corrected chi connectivity index (χ2v) is 12.9. The maximum atomic E-state index is 13.0. The predicted molar refractivity (Wildman–Crippen MR) is 155 cm³/mol. The first-order chi connectivity index (χ1) is 20.8. The van der Waals surface area contributed by atoms with Crippen LogP contribution in [-0.2, 0) is 47.1 Å². The van der Waals surface area contributed by atoms with Crippen molar-refractivity contribution in [2.24, 2.45) is 5.92 Å².